The zero-order valence-electron chi connectivity index (χ0n) is 9.91. The third kappa shape index (κ3) is 2.25. The van der Waals surface area contributed by atoms with Crippen molar-refractivity contribution in [3.8, 4) is 0 Å². The molecule has 1 aromatic carbocycles. The second-order valence-corrected chi connectivity index (χ2v) is 4.92. The molecule has 0 aliphatic rings. The van der Waals surface area contributed by atoms with Gasteiger partial charge in [-0.2, -0.15) is 0 Å². The lowest BCUT2D eigenvalue weighted by atomic mass is 10.1. The molecule has 0 aliphatic carbocycles. The Morgan fingerprint density at radius 1 is 1.28 bits per heavy atom. The van der Waals surface area contributed by atoms with Crippen molar-refractivity contribution in [1.29, 1.82) is 0 Å². The van der Waals surface area contributed by atoms with Crippen LogP contribution in [0.2, 0.25) is 0 Å². The zero-order chi connectivity index (χ0) is 12.4. The van der Waals surface area contributed by atoms with Crippen LogP contribution in [0.25, 0.3) is 11.0 Å². The average Bonchev–Trinajstić information content (AvgIpc) is 2.99. The highest BCUT2D eigenvalue weighted by molar-refractivity contribution is 7.07. The lowest BCUT2D eigenvalue weighted by molar-refractivity contribution is 0.309. The molecule has 0 fully saturated rings. The minimum absolute atomic E-state index is 0.795. The molecule has 5 nitrogen and oxygen atoms in total. The third-order valence-electron chi connectivity index (χ3n) is 2.73. The Labute approximate surface area is 108 Å². The van der Waals surface area contributed by atoms with Crippen molar-refractivity contribution in [2.75, 3.05) is 7.05 Å². The molecule has 3 aromatic rings. The molecule has 0 spiro atoms. The molecular formula is C12H12N4OS. The van der Waals surface area contributed by atoms with Crippen molar-refractivity contribution in [2.24, 2.45) is 0 Å². The van der Waals surface area contributed by atoms with Gasteiger partial charge < -0.3 is 0 Å². The van der Waals surface area contributed by atoms with Gasteiger partial charge in [0.15, 0.2) is 0 Å². The van der Waals surface area contributed by atoms with Crippen molar-refractivity contribution in [3.05, 3.63) is 40.3 Å². The van der Waals surface area contributed by atoms with E-state index in [1.807, 2.05) is 23.7 Å². The quantitative estimate of drug-likeness (QED) is 0.720. The molecule has 0 radical (unpaired) electrons. The minimum Gasteiger partial charge on any atom is -0.296 e. The summed E-state index contributed by atoms with van der Waals surface area (Å²) in [4.78, 5) is 6.47. The van der Waals surface area contributed by atoms with Crippen LogP contribution in [0.1, 0.15) is 11.3 Å². The van der Waals surface area contributed by atoms with E-state index in [0.29, 0.717) is 0 Å². The van der Waals surface area contributed by atoms with Gasteiger partial charge in [-0.25, -0.2) is 9.61 Å². The highest BCUT2D eigenvalue weighted by atomic mass is 32.1. The molecule has 0 saturated heterocycles. The van der Waals surface area contributed by atoms with Crippen LogP contribution in [0.5, 0.6) is 0 Å². The van der Waals surface area contributed by atoms with E-state index < -0.39 is 0 Å². The summed E-state index contributed by atoms with van der Waals surface area (Å²) >= 11 is 1.62. The Kier molecular flexibility index (Phi) is 3.04. The summed E-state index contributed by atoms with van der Waals surface area (Å²) in [5.41, 5.74) is 5.70. The summed E-state index contributed by atoms with van der Waals surface area (Å²) < 4.78 is 4.76. The number of hydrogen-bond donors (Lipinski definition) is 0. The Morgan fingerprint density at radius 3 is 3.06 bits per heavy atom. The second-order valence-electron chi connectivity index (χ2n) is 4.20. The van der Waals surface area contributed by atoms with Crippen LogP contribution < -0.4 is 0 Å². The number of nitrogens with zero attached hydrogens (tertiary/aromatic N) is 4. The maximum atomic E-state index is 4.76. The van der Waals surface area contributed by atoms with Gasteiger partial charge in [-0.3, -0.25) is 4.90 Å². The largest absolute Gasteiger partial charge is 0.296 e. The van der Waals surface area contributed by atoms with Gasteiger partial charge >= 0.3 is 0 Å². The lowest BCUT2D eigenvalue weighted by Gasteiger charge is -2.15. The molecular weight excluding hydrogens is 248 g/mol. The highest BCUT2D eigenvalue weighted by Crippen LogP contribution is 2.16. The topological polar surface area (TPSA) is 55.1 Å². The van der Waals surface area contributed by atoms with Gasteiger partial charge in [-0.05, 0) is 29.0 Å². The normalized spacial score (nSPS) is 11.4. The van der Waals surface area contributed by atoms with Gasteiger partial charge in [0.2, 0.25) is 0 Å². The maximum absolute atomic E-state index is 4.76. The third-order valence-corrected chi connectivity index (χ3v) is 3.36. The van der Waals surface area contributed by atoms with E-state index in [9.17, 15) is 0 Å². The van der Waals surface area contributed by atoms with Crippen molar-refractivity contribution in [3.63, 3.8) is 0 Å². The van der Waals surface area contributed by atoms with Gasteiger partial charge in [-0.15, -0.1) is 11.3 Å². The molecule has 2 heterocycles. The molecule has 3 rings (SSSR count). The maximum Gasteiger partial charge on any atom is 0.139 e. The van der Waals surface area contributed by atoms with E-state index in [-0.39, 0.29) is 0 Å². The van der Waals surface area contributed by atoms with Crippen molar-refractivity contribution in [1.82, 2.24) is 20.2 Å². The van der Waals surface area contributed by atoms with Gasteiger partial charge in [0, 0.05) is 18.5 Å². The van der Waals surface area contributed by atoms with E-state index in [0.717, 1.165) is 35.4 Å². The lowest BCUT2D eigenvalue weighted by Crippen LogP contribution is -2.17. The molecule has 6 heteroatoms. The molecule has 18 heavy (non-hydrogen) atoms. The first kappa shape index (κ1) is 11.3. The Morgan fingerprint density at radius 2 is 2.22 bits per heavy atom. The van der Waals surface area contributed by atoms with Crippen LogP contribution in [-0.2, 0) is 13.1 Å². The first-order valence-electron chi connectivity index (χ1n) is 5.59. The highest BCUT2D eigenvalue weighted by Gasteiger charge is 2.09. The first-order chi connectivity index (χ1) is 8.83. The van der Waals surface area contributed by atoms with Gasteiger partial charge in [0.25, 0.3) is 0 Å². The Hall–Kier alpha value is -1.79. The molecule has 0 unspecified atom stereocenters. The van der Waals surface area contributed by atoms with Crippen LogP contribution in [-0.4, -0.2) is 27.2 Å². The SMILES string of the molecule is CN(Cc1cscn1)Cc1cccc2nonc12. The summed E-state index contributed by atoms with van der Waals surface area (Å²) in [7, 11) is 2.06. The molecule has 0 bridgehead atoms. The van der Waals surface area contributed by atoms with Crippen LogP contribution in [0, 0.1) is 0 Å². The Bertz CT molecular complexity index is 634. The number of aromatic nitrogens is 3. The molecule has 0 atom stereocenters. The summed E-state index contributed by atoms with van der Waals surface area (Å²) in [6, 6.07) is 5.92. The molecule has 0 N–H and O–H groups in total. The van der Waals surface area contributed by atoms with E-state index in [1.165, 1.54) is 0 Å². The van der Waals surface area contributed by atoms with Crippen molar-refractivity contribution >= 4 is 22.4 Å². The average molecular weight is 260 g/mol. The summed E-state index contributed by atoms with van der Waals surface area (Å²) in [6.45, 7) is 1.62. The van der Waals surface area contributed by atoms with E-state index in [2.05, 4.69) is 32.6 Å². The van der Waals surface area contributed by atoms with E-state index in [1.54, 1.807) is 11.3 Å². The van der Waals surface area contributed by atoms with Crippen LogP contribution >= 0.6 is 11.3 Å². The summed E-state index contributed by atoms with van der Waals surface area (Å²) in [5, 5.41) is 9.85. The fourth-order valence-electron chi connectivity index (χ4n) is 1.93. The smallest absolute Gasteiger partial charge is 0.139 e. The van der Waals surface area contributed by atoms with Crippen LogP contribution in [0.3, 0.4) is 0 Å². The van der Waals surface area contributed by atoms with Crippen molar-refractivity contribution < 1.29 is 4.63 Å². The van der Waals surface area contributed by atoms with Gasteiger partial charge in [0.05, 0.1) is 11.2 Å². The Balaban J connectivity index is 1.77. The standard InChI is InChI=1S/C12H12N4OS/c1-16(6-10-7-18-8-13-10)5-9-3-2-4-11-12(9)15-17-14-11/h2-4,7-8H,5-6H2,1H3. The van der Waals surface area contributed by atoms with Crippen molar-refractivity contribution in [2.45, 2.75) is 13.1 Å². The predicted octanol–water partition coefficient (Wildman–Crippen LogP) is 2.31. The molecule has 92 valence electrons. The fourth-order valence-corrected chi connectivity index (χ4v) is 2.48. The molecule has 2 aromatic heterocycles. The number of hydrogen-bond acceptors (Lipinski definition) is 6. The number of benzene rings is 1. The van der Waals surface area contributed by atoms with E-state index in [4.69, 9.17) is 4.63 Å². The monoisotopic (exact) mass is 260 g/mol. The fraction of sp³-hybridized carbons (Fsp3) is 0.250. The van der Waals surface area contributed by atoms with Gasteiger partial charge in [0.1, 0.15) is 11.0 Å². The summed E-state index contributed by atoms with van der Waals surface area (Å²) in [5.74, 6) is 0. The molecule has 0 aliphatic heterocycles. The van der Waals surface area contributed by atoms with Crippen LogP contribution in [0.4, 0.5) is 0 Å². The summed E-state index contributed by atoms with van der Waals surface area (Å²) in [6.07, 6.45) is 0. The molecule has 0 saturated carbocycles. The molecule has 0 amide bonds. The van der Waals surface area contributed by atoms with E-state index >= 15 is 0 Å². The second kappa shape index (κ2) is 4.83. The minimum atomic E-state index is 0.795. The van der Waals surface area contributed by atoms with Crippen LogP contribution in [0.15, 0.2) is 33.7 Å². The van der Waals surface area contributed by atoms with Gasteiger partial charge in [-0.1, -0.05) is 12.1 Å². The first-order valence-corrected chi connectivity index (χ1v) is 6.53. The number of fused-ring (bicyclic) bond motifs is 1. The zero-order valence-corrected chi connectivity index (χ0v) is 10.7. The predicted molar refractivity (Wildman–Crippen MR) is 69.1 cm³/mol. The number of thiazole rings is 1. The number of rotatable bonds is 4.